The normalized spacial score (nSPS) is 23.4. The van der Waals surface area contributed by atoms with Crippen molar-refractivity contribution in [3.8, 4) is 0 Å². The summed E-state index contributed by atoms with van der Waals surface area (Å²) in [6.07, 6.45) is 2.47. The molecule has 0 heterocycles. The van der Waals surface area contributed by atoms with Gasteiger partial charge in [-0.05, 0) is 41.8 Å². The summed E-state index contributed by atoms with van der Waals surface area (Å²) in [6, 6.07) is 9.70. The highest BCUT2D eigenvalue weighted by atomic mass is 14.9. The summed E-state index contributed by atoms with van der Waals surface area (Å²) in [4.78, 5) is 0. The summed E-state index contributed by atoms with van der Waals surface area (Å²) in [5, 5.41) is 3.65. The van der Waals surface area contributed by atoms with Crippen molar-refractivity contribution in [1.82, 2.24) is 5.32 Å². The summed E-state index contributed by atoms with van der Waals surface area (Å²) in [6.45, 7) is 10.2. The maximum absolute atomic E-state index is 3.65. The fourth-order valence-corrected chi connectivity index (χ4v) is 2.75. The highest BCUT2D eigenvalue weighted by Gasteiger charge is 2.50. The maximum atomic E-state index is 3.65. The Bertz CT molecular complexity index is 364. The van der Waals surface area contributed by atoms with Crippen molar-refractivity contribution in [1.29, 1.82) is 0 Å². The molecule has 2 atom stereocenters. The molecule has 2 rings (SSSR count). The highest BCUT2D eigenvalue weighted by molar-refractivity contribution is 5.27. The van der Waals surface area contributed by atoms with E-state index < -0.39 is 0 Å². The van der Waals surface area contributed by atoms with Crippen LogP contribution in [0.5, 0.6) is 0 Å². The van der Waals surface area contributed by atoms with Crippen LogP contribution in [0.15, 0.2) is 24.3 Å². The number of rotatable bonds is 5. The molecule has 1 aromatic carbocycles. The smallest absolute Gasteiger partial charge is 0.0353 e. The zero-order valence-corrected chi connectivity index (χ0v) is 11.6. The van der Waals surface area contributed by atoms with Crippen LogP contribution in [0.4, 0.5) is 0 Å². The molecule has 0 aromatic heterocycles. The molecule has 17 heavy (non-hydrogen) atoms. The second kappa shape index (κ2) is 4.81. The van der Waals surface area contributed by atoms with E-state index in [4.69, 9.17) is 0 Å². The Morgan fingerprint density at radius 3 is 2.24 bits per heavy atom. The average Bonchev–Trinajstić information content (AvgIpc) is 2.95. The van der Waals surface area contributed by atoms with Gasteiger partial charge in [-0.1, -0.05) is 52.0 Å². The summed E-state index contributed by atoms with van der Waals surface area (Å²) in [7, 11) is 0. The standard InChI is InChI=1S/C16H25N/c1-5-12-7-9-13(10-8-12)15(17-6-2)14-11-16(14,3)4/h7-10,14-15,17H,5-6,11H2,1-4H3. The quantitative estimate of drug-likeness (QED) is 0.809. The Morgan fingerprint density at radius 2 is 1.82 bits per heavy atom. The van der Waals surface area contributed by atoms with E-state index in [0.717, 1.165) is 18.9 Å². The van der Waals surface area contributed by atoms with E-state index in [9.17, 15) is 0 Å². The zero-order chi connectivity index (χ0) is 12.5. The molecule has 1 aromatic rings. The number of benzene rings is 1. The fraction of sp³-hybridized carbons (Fsp3) is 0.625. The van der Waals surface area contributed by atoms with Crippen molar-refractivity contribution in [2.75, 3.05) is 6.54 Å². The van der Waals surface area contributed by atoms with Gasteiger partial charge in [0.15, 0.2) is 0 Å². The zero-order valence-electron chi connectivity index (χ0n) is 11.6. The van der Waals surface area contributed by atoms with E-state index in [0.29, 0.717) is 11.5 Å². The first-order chi connectivity index (χ1) is 8.08. The summed E-state index contributed by atoms with van der Waals surface area (Å²) in [5.74, 6) is 0.801. The maximum Gasteiger partial charge on any atom is 0.0353 e. The molecule has 1 heteroatoms. The summed E-state index contributed by atoms with van der Waals surface area (Å²) < 4.78 is 0. The molecule has 0 amide bonds. The van der Waals surface area contributed by atoms with Crippen molar-refractivity contribution < 1.29 is 0 Å². The minimum absolute atomic E-state index is 0.524. The van der Waals surface area contributed by atoms with Gasteiger partial charge in [-0.15, -0.1) is 0 Å². The van der Waals surface area contributed by atoms with Crippen molar-refractivity contribution in [3.63, 3.8) is 0 Å². The van der Waals surface area contributed by atoms with Crippen molar-refractivity contribution in [3.05, 3.63) is 35.4 Å². The molecular formula is C16H25N. The van der Waals surface area contributed by atoms with Crippen LogP contribution in [0, 0.1) is 11.3 Å². The summed E-state index contributed by atoms with van der Waals surface area (Å²) >= 11 is 0. The molecule has 1 saturated carbocycles. The Morgan fingerprint density at radius 1 is 1.24 bits per heavy atom. The first-order valence-corrected chi connectivity index (χ1v) is 6.90. The van der Waals surface area contributed by atoms with Crippen LogP contribution in [0.2, 0.25) is 0 Å². The third-order valence-electron chi connectivity index (χ3n) is 4.16. The number of nitrogens with one attached hydrogen (secondary N) is 1. The number of hydrogen-bond donors (Lipinski definition) is 1. The van der Waals surface area contributed by atoms with E-state index in [1.807, 2.05) is 0 Å². The minimum Gasteiger partial charge on any atom is -0.310 e. The predicted molar refractivity (Wildman–Crippen MR) is 74.1 cm³/mol. The van der Waals surface area contributed by atoms with Crippen LogP contribution in [0.25, 0.3) is 0 Å². The first-order valence-electron chi connectivity index (χ1n) is 6.90. The van der Waals surface area contributed by atoms with Crippen LogP contribution >= 0.6 is 0 Å². The fourth-order valence-electron chi connectivity index (χ4n) is 2.75. The second-order valence-corrected chi connectivity index (χ2v) is 5.93. The van der Waals surface area contributed by atoms with E-state index in [1.54, 1.807) is 0 Å². The molecule has 0 radical (unpaired) electrons. The molecule has 1 aliphatic carbocycles. The van der Waals surface area contributed by atoms with Gasteiger partial charge in [0, 0.05) is 6.04 Å². The Hall–Kier alpha value is -0.820. The molecule has 0 saturated heterocycles. The molecule has 0 bridgehead atoms. The van der Waals surface area contributed by atoms with E-state index in [-0.39, 0.29) is 0 Å². The molecule has 0 spiro atoms. The van der Waals surface area contributed by atoms with Gasteiger partial charge in [0.25, 0.3) is 0 Å². The lowest BCUT2D eigenvalue weighted by Gasteiger charge is -2.20. The van der Waals surface area contributed by atoms with Crippen LogP contribution in [0.1, 0.15) is 51.3 Å². The van der Waals surface area contributed by atoms with Crippen LogP contribution < -0.4 is 5.32 Å². The average molecular weight is 231 g/mol. The molecule has 0 aliphatic heterocycles. The van der Waals surface area contributed by atoms with Gasteiger partial charge in [-0.2, -0.15) is 0 Å². The van der Waals surface area contributed by atoms with E-state index in [1.165, 1.54) is 17.5 Å². The number of aryl methyl sites for hydroxylation is 1. The molecule has 1 N–H and O–H groups in total. The SMILES string of the molecule is CCNC(c1ccc(CC)cc1)C1CC1(C)C. The van der Waals surface area contributed by atoms with Gasteiger partial charge >= 0.3 is 0 Å². The second-order valence-electron chi connectivity index (χ2n) is 5.93. The third kappa shape index (κ3) is 2.71. The van der Waals surface area contributed by atoms with Crippen LogP contribution in [-0.2, 0) is 6.42 Å². The molecule has 2 unspecified atom stereocenters. The Balaban J connectivity index is 2.15. The van der Waals surface area contributed by atoms with Gasteiger partial charge in [0.05, 0.1) is 0 Å². The van der Waals surface area contributed by atoms with Crippen molar-refractivity contribution >= 4 is 0 Å². The first kappa shape index (κ1) is 12.6. The lowest BCUT2D eigenvalue weighted by atomic mass is 9.96. The molecule has 1 fully saturated rings. The third-order valence-corrected chi connectivity index (χ3v) is 4.16. The molecular weight excluding hydrogens is 206 g/mol. The van der Waals surface area contributed by atoms with Crippen LogP contribution in [0.3, 0.4) is 0 Å². The Kier molecular flexibility index (Phi) is 3.58. The lowest BCUT2D eigenvalue weighted by molar-refractivity contribution is 0.423. The summed E-state index contributed by atoms with van der Waals surface area (Å²) in [5.41, 5.74) is 3.41. The minimum atomic E-state index is 0.524. The lowest BCUT2D eigenvalue weighted by Crippen LogP contribution is -2.24. The van der Waals surface area contributed by atoms with Crippen LogP contribution in [-0.4, -0.2) is 6.54 Å². The van der Waals surface area contributed by atoms with Gasteiger partial charge in [0.1, 0.15) is 0 Å². The van der Waals surface area contributed by atoms with Gasteiger partial charge < -0.3 is 5.32 Å². The monoisotopic (exact) mass is 231 g/mol. The molecule has 1 aliphatic rings. The van der Waals surface area contributed by atoms with Crippen molar-refractivity contribution in [2.45, 2.75) is 46.6 Å². The highest BCUT2D eigenvalue weighted by Crippen LogP contribution is 2.57. The number of hydrogen-bond acceptors (Lipinski definition) is 1. The van der Waals surface area contributed by atoms with Gasteiger partial charge in [0.2, 0.25) is 0 Å². The molecule has 1 nitrogen and oxygen atoms in total. The van der Waals surface area contributed by atoms with E-state index in [2.05, 4.69) is 57.3 Å². The van der Waals surface area contributed by atoms with Gasteiger partial charge in [-0.3, -0.25) is 0 Å². The topological polar surface area (TPSA) is 12.0 Å². The van der Waals surface area contributed by atoms with Gasteiger partial charge in [-0.25, -0.2) is 0 Å². The largest absolute Gasteiger partial charge is 0.310 e. The molecule has 94 valence electrons. The predicted octanol–water partition coefficient (Wildman–Crippen LogP) is 3.95. The van der Waals surface area contributed by atoms with Crippen molar-refractivity contribution in [2.24, 2.45) is 11.3 Å². The Labute approximate surface area is 106 Å². The van der Waals surface area contributed by atoms with E-state index >= 15 is 0 Å².